The number of hydrogen-bond acceptors (Lipinski definition) is 5. The first-order valence-electron chi connectivity index (χ1n) is 9.75. The molecule has 4 heterocycles. The Morgan fingerprint density at radius 3 is 2.86 bits per heavy atom. The van der Waals surface area contributed by atoms with Crippen LogP contribution in [0.5, 0.6) is 0 Å². The largest absolute Gasteiger partial charge is 0.341 e. The maximum Gasteiger partial charge on any atom is 0.255 e. The molecule has 5 nitrogen and oxygen atoms in total. The van der Waals surface area contributed by atoms with E-state index >= 15 is 0 Å². The molecule has 2 aliphatic heterocycles. The number of rotatable bonds is 6. The fraction of sp³-hybridized carbons (Fsp3) is 0.524. The molecule has 2 atom stereocenters. The van der Waals surface area contributed by atoms with Gasteiger partial charge in [-0.1, -0.05) is 12.1 Å². The van der Waals surface area contributed by atoms with E-state index in [1.165, 1.54) is 4.88 Å². The van der Waals surface area contributed by atoms with E-state index in [9.17, 15) is 9.59 Å². The fourth-order valence-electron chi connectivity index (χ4n) is 4.55. The number of carbonyl (C=O) groups excluding carboxylic acids is 1. The Bertz CT molecular complexity index is 894. The van der Waals surface area contributed by atoms with Gasteiger partial charge >= 0.3 is 0 Å². The van der Waals surface area contributed by atoms with Crippen LogP contribution in [0.2, 0.25) is 0 Å². The van der Waals surface area contributed by atoms with Crippen molar-refractivity contribution in [3.8, 4) is 0 Å². The Kier molecular flexibility index (Phi) is 5.94. The summed E-state index contributed by atoms with van der Waals surface area (Å²) in [7, 11) is 2.06. The van der Waals surface area contributed by atoms with E-state index < -0.39 is 0 Å². The molecule has 2 aromatic heterocycles. The van der Waals surface area contributed by atoms with Crippen LogP contribution in [0.4, 0.5) is 0 Å². The molecule has 2 bridgehead atoms. The van der Waals surface area contributed by atoms with Crippen LogP contribution in [0.3, 0.4) is 0 Å². The highest BCUT2D eigenvalue weighted by molar-refractivity contribution is 7.99. The summed E-state index contributed by atoms with van der Waals surface area (Å²) in [6.07, 6.45) is 3.05. The number of aromatic nitrogens is 1. The van der Waals surface area contributed by atoms with Gasteiger partial charge in [0.05, 0.1) is 5.75 Å². The molecule has 4 rings (SSSR count). The van der Waals surface area contributed by atoms with Crippen molar-refractivity contribution in [1.29, 1.82) is 0 Å². The van der Waals surface area contributed by atoms with Crippen LogP contribution >= 0.6 is 23.1 Å². The van der Waals surface area contributed by atoms with Gasteiger partial charge in [-0.3, -0.25) is 14.5 Å². The number of piperidine rings is 1. The first-order valence-corrected chi connectivity index (χ1v) is 12.0. The summed E-state index contributed by atoms with van der Waals surface area (Å²) >= 11 is 3.33. The molecule has 1 saturated heterocycles. The first-order chi connectivity index (χ1) is 13.5. The molecule has 7 heteroatoms. The minimum absolute atomic E-state index is 0.147. The number of thiophene rings is 1. The van der Waals surface area contributed by atoms with Crippen molar-refractivity contribution >= 4 is 29.0 Å². The van der Waals surface area contributed by atoms with Crippen LogP contribution < -0.4 is 5.56 Å². The Morgan fingerprint density at radius 2 is 2.11 bits per heavy atom. The molecule has 0 aliphatic carbocycles. The SMILES string of the molecule is CSCC(=O)N1C[C@@H]2C[C@H](C1)c1ccc(CN(C)Cc3cccs3)c(=O)n1C2. The van der Waals surface area contributed by atoms with Gasteiger partial charge in [0.2, 0.25) is 5.91 Å². The van der Waals surface area contributed by atoms with Crippen LogP contribution in [-0.4, -0.2) is 52.4 Å². The first kappa shape index (κ1) is 19.7. The minimum Gasteiger partial charge on any atom is -0.341 e. The van der Waals surface area contributed by atoms with Crippen LogP contribution in [-0.2, 0) is 24.4 Å². The molecule has 150 valence electrons. The highest BCUT2D eigenvalue weighted by Gasteiger charge is 2.36. The monoisotopic (exact) mass is 417 g/mol. The van der Waals surface area contributed by atoms with Crippen molar-refractivity contribution in [2.45, 2.75) is 32.0 Å². The zero-order chi connectivity index (χ0) is 19.7. The molecule has 1 amide bonds. The van der Waals surface area contributed by atoms with Crippen molar-refractivity contribution in [2.24, 2.45) is 5.92 Å². The van der Waals surface area contributed by atoms with Gasteiger partial charge in [-0.2, -0.15) is 11.8 Å². The van der Waals surface area contributed by atoms with E-state index in [1.54, 1.807) is 23.1 Å². The molecule has 2 aliphatic rings. The predicted molar refractivity (Wildman–Crippen MR) is 116 cm³/mol. The quantitative estimate of drug-likeness (QED) is 0.725. The van der Waals surface area contributed by atoms with Gasteiger partial charge in [-0.25, -0.2) is 0 Å². The van der Waals surface area contributed by atoms with Crippen molar-refractivity contribution < 1.29 is 4.79 Å². The second-order valence-electron chi connectivity index (χ2n) is 7.98. The lowest BCUT2D eigenvalue weighted by Crippen LogP contribution is -2.50. The molecular weight excluding hydrogens is 390 g/mol. The number of likely N-dealkylation sites (tertiary alicyclic amines) is 1. The number of thioether (sulfide) groups is 1. The van der Waals surface area contributed by atoms with Crippen molar-refractivity contribution in [3.05, 3.63) is 56.1 Å². The predicted octanol–water partition coefficient (Wildman–Crippen LogP) is 2.85. The molecule has 0 radical (unpaired) electrons. The second-order valence-corrected chi connectivity index (χ2v) is 9.88. The van der Waals surface area contributed by atoms with E-state index in [0.29, 0.717) is 18.2 Å². The average Bonchev–Trinajstić information content (AvgIpc) is 3.17. The van der Waals surface area contributed by atoms with E-state index in [0.717, 1.165) is 43.9 Å². The number of carbonyl (C=O) groups is 1. The number of fused-ring (bicyclic) bond motifs is 4. The number of nitrogens with zero attached hydrogens (tertiary/aromatic N) is 3. The number of amides is 1. The van der Waals surface area contributed by atoms with Crippen molar-refractivity contribution in [2.75, 3.05) is 32.1 Å². The molecule has 0 aromatic carbocycles. The Hall–Kier alpha value is -1.57. The summed E-state index contributed by atoms with van der Waals surface area (Å²) in [6, 6.07) is 8.32. The zero-order valence-corrected chi connectivity index (χ0v) is 18.1. The molecule has 0 N–H and O–H groups in total. The van der Waals surface area contributed by atoms with Gasteiger partial charge < -0.3 is 9.47 Å². The summed E-state index contributed by atoms with van der Waals surface area (Å²) < 4.78 is 1.99. The van der Waals surface area contributed by atoms with E-state index in [4.69, 9.17) is 0 Å². The molecule has 28 heavy (non-hydrogen) atoms. The third kappa shape index (κ3) is 4.07. The highest BCUT2D eigenvalue weighted by atomic mass is 32.2. The van der Waals surface area contributed by atoms with Gasteiger partial charge in [0.1, 0.15) is 0 Å². The summed E-state index contributed by atoms with van der Waals surface area (Å²) in [5.74, 6) is 1.43. The molecule has 2 aromatic rings. The topological polar surface area (TPSA) is 45.6 Å². The van der Waals surface area contributed by atoms with Crippen LogP contribution in [0, 0.1) is 5.92 Å². The molecule has 0 unspecified atom stereocenters. The summed E-state index contributed by atoms with van der Waals surface area (Å²) in [6.45, 7) is 3.77. The van der Waals surface area contributed by atoms with Gasteiger partial charge in [0.15, 0.2) is 0 Å². The minimum atomic E-state index is 0.147. The molecular formula is C21H27N3O2S2. The smallest absolute Gasteiger partial charge is 0.255 e. The van der Waals surface area contributed by atoms with Gasteiger partial charge in [0.25, 0.3) is 5.56 Å². The average molecular weight is 418 g/mol. The third-order valence-corrected chi connectivity index (χ3v) is 7.15. The highest BCUT2D eigenvalue weighted by Crippen LogP contribution is 2.35. The van der Waals surface area contributed by atoms with E-state index in [-0.39, 0.29) is 17.4 Å². The molecule has 0 saturated carbocycles. The number of pyridine rings is 1. The van der Waals surface area contributed by atoms with Gasteiger partial charge in [-0.05, 0) is 43.2 Å². The fourth-order valence-corrected chi connectivity index (χ4v) is 5.76. The van der Waals surface area contributed by atoms with Gasteiger partial charge in [-0.15, -0.1) is 11.3 Å². The normalized spacial score (nSPS) is 21.0. The lowest BCUT2D eigenvalue weighted by atomic mass is 9.83. The Labute approximate surface area is 174 Å². The van der Waals surface area contributed by atoms with Gasteiger partial charge in [0, 0.05) is 54.8 Å². The van der Waals surface area contributed by atoms with E-state index in [1.807, 2.05) is 21.8 Å². The molecule has 1 fully saturated rings. The zero-order valence-electron chi connectivity index (χ0n) is 16.5. The molecule has 0 spiro atoms. The summed E-state index contributed by atoms with van der Waals surface area (Å²) in [4.78, 5) is 31.0. The third-order valence-electron chi connectivity index (χ3n) is 5.75. The second kappa shape index (κ2) is 8.43. The summed E-state index contributed by atoms with van der Waals surface area (Å²) in [5.41, 5.74) is 2.11. The maximum absolute atomic E-state index is 13.2. The standard InChI is InChI=1S/C21H27N3O2S2/c1-22(13-18-4-3-7-28-18)11-16-5-6-19-17-8-15(10-24(19)21(16)26)9-23(12-17)20(25)14-27-2/h3-7,15,17H,8-14H2,1-2H3/t15-,17+/m0/s1. The lowest BCUT2D eigenvalue weighted by molar-refractivity contribution is -0.131. The van der Waals surface area contributed by atoms with Crippen molar-refractivity contribution in [1.82, 2.24) is 14.4 Å². The van der Waals surface area contributed by atoms with E-state index in [2.05, 4.69) is 35.5 Å². The van der Waals surface area contributed by atoms with Crippen LogP contribution in [0.25, 0.3) is 0 Å². The number of hydrogen-bond donors (Lipinski definition) is 0. The summed E-state index contributed by atoms with van der Waals surface area (Å²) in [5, 5.41) is 2.09. The maximum atomic E-state index is 13.2. The van der Waals surface area contributed by atoms with Crippen molar-refractivity contribution in [3.63, 3.8) is 0 Å². The van der Waals surface area contributed by atoms with Crippen LogP contribution in [0.15, 0.2) is 34.4 Å². The lowest BCUT2D eigenvalue weighted by Gasteiger charge is -2.43. The van der Waals surface area contributed by atoms with Crippen LogP contribution in [0.1, 0.15) is 28.5 Å². The Balaban J connectivity index is 1.51. The Morgan fingerprint density at radius 1 is 1.25 bits per heavy atom.